The number of benzene rings is 1. The van der Waals surface area contributed by atoms with Crippen LogP contribution < -0.4 is 0 Å². The minimum atomic E-state index is -3.78. The fourth-order valence-corrected chi connectivity index (χ4v) is 4.76. The maximum Gasteiger partial charge on any atom is 0.297 e. The van der Waals surface area contributed by atoms with Crippen molar-refractivity contribution in [3.8, 4) is 0 Å². The molecule has 0 unspecified atom stereocenters. The topological polar surface area (TPSA) is 77.5 Å². The van der Waals surface area contributed by atoms with Crippen molar-refractivity contribution < 1.29 is 21.0 Å². The van der Waals surface area contributed by atoms with E-state index < -0.39 is 26.1 Å². The highest BCUT2D eigenvalue weighted by Crippen LogP contribution is 2.28. The summed E-state index contributed by atoms with van der Waals surface area (Å²) in [5, 5.41) is -0.376. The Morgan fingerprint density at radius 3 is 1.95 bits per heavy atom. The molecular weight excluding hydrogens is 312 g/mol. The number of hydrogen-bond donors (Lipinski definition) is 0. The van der Waals surface area contributed by atoms with Crippen molar-refractivity contribution in [3.63, 3.8) is 0 Å². The SMILES string of the molecule is Cc1ccc(S(=O)(=O)OC2CCC(S(C)(=O)=O)CC2)cc1. The van der Waals surface area contributed by atoms with Gasteiger partial charge in [0, 0.05) is 6.26 Å². The summed E-state index contributed by atoms with van der Waals surface area (Å²) in [7, 11) is -6.83. The van der Waals surface area contributed by atoms with E-state index in [4.69, 9.17) is 4.18 Å². The van der Waals surface area contributed by atoms with Gasteiger partial charge in [0.25, 0.3) is 10.1 Å². The van der Waals surface area contributed by atoms with E-state index in [9.17, 15) is 16.8 Å². The van der Waals surface area contributed by atoms with Gasteiger partial charge in [0.1, 0.15) is 9.84 Å². The molecule has 1 fully saturated rings. The molecule has 0 aliphatic heterocycles. The normalized spacial score (nSPS) is 23.9. The Bertz CT molecular complexity index is 681. The van der Waals surface area contributed by atoms with Gasteiger partial charge in [-0.1, -0.05) is 17.7 Å². The van der Waals surface area contributed by atoms with Crippen LogP contribution in [0.4, 0.5) is 0 Å². The van der Waals surface area contributed by atoms with E-state index in [0.29, 0.717) is 25.7 Å². The second-order valence-electron chi connectivity index (χ2n) is 5.59. The number of aryl methyl sites for hydroxylation is 1. The van der Waals surface area contributed by atoms with Gasteiger partial charge in [0.05, 0.1) is 16.2 Å². The Morgan fingerprint density at radius 2 is 1.48 bits per heavy atom. The third-order valence-electron chi connectivity index (χ3n) is 3.80. The largest absolute Gasteiger partial charge is 0.297 e. The van der Waals surface area contributed by atoms with Crippen LogP contribution in [0.3, 0.4) is 0 Å². The van der Waals surface area contributed by atoms with Crippen LogP contribution in [0, 0.1) is 6.92 Å². The zero-order valence-corrected chi connectivity index (χ0v) is 13.8. The van der Waals surface area contributed by atoms with E-state index in [0.717, 1.165) is 5.56 Å². The first-order valence-electron chi connectivity index (χ1n) is 6.87. The Balaban J connectivity index is 2.01. The van der Waals surface area contributed by atoms with Gasteiger partial charge in [0.2, 0.25) is 0 Å². The molecule has 0 N–H and O–H groups in total. The smallest absolute Gasteiger partial charge is 0.263 e. The quantitative estimate of drug-likeness (QED) is 0.789. The highest BCUT2D eigenvalue weighted by molar-refractivity contribution is 7.91. The molecule has 0 aromatic heterocycles. The average Bonchev–Trinajstić information content (AvgIpc) is 2.38. The molecular formula is C14H20O5S2. The summed E-state index contributed by atoms with van der Waals surface area (Å²) in [6.45, 7) is 1.88. The van der Waals surface area contributed by atoms with Gasteiger partial charge < -0.3 is 0 Å². The zero-order chi connectivity index (χ0) is 15.7. The van der Waals surface area contributed by atoms with Crippen molar-refractivity contribution >= 4 is 20.0 Å². The third kappa shape index (κ3) is 4.28. The second kappa shape index (κ2) is 6.06. The highest BCUT2D eigenvalue weighted by Gasteiger charge is 2.31. The molecule has 1 aliphatic carbocycles. The van der Waals surface area contributed by atoms with Crippen LogP contribution in [0.5, 0.6) is 0 Å². The van der Waals surface area contributed by atoms with Gasteiger partial charge in [-0.15, -0.1) is 0 Å². The van der Waals surface area contributed by atoms with Crippen LogP contribution in [0.2, 0.25) is 0 Å². The molecule has 0 atom stereocenters. The zero-order valence-electron chi connectivity index (χ0n) is 12.2. The van der Waals surface area contributed by atoms with Gasteiger partial charge in [-0.05, 0) is 44.7 Å². The monoisotopic (exact) mass is 332 g/mol. The molecule has 118 valence electrons. The second-order valence-corrected chi connectivity index (χ2v) is 9.49. The predicted octanol–water partition coefficient (Wildman–Crippen LogP) is 2.06. The molecule has 0 heterocycles. The van der Waals surface area contributed by atoms with Gasteiger partial charge in [0.15, 0.2) is 0 Å². The van der Waals surface area contributed by atoms with Crippen LogP contribution in [-0.2, 0) is 24.1 Å². The van der Waals surface area contributed by atoms with E-state index in [-0.39, 0.29) is 10.1 Å². The first-order valence-corrected chi connectivity index (χ1v) is 10.2. The lowest BCUT2D eigenvalue weighted by atomic mass is 9.97. The highest BCUT2D eigenvalue weighted by atomic mass is 32.2. The van der Waals surface area contributed by atoms with Crippen LogP contribution >= 0.6 is 0 Å². The van der Waals surface area contributed by atoms with Crippen molar-refractivity contribution in [2.75, 3.05) is 6.26 Å². The molecule has 1 aromatic rings. The summed E-state index contributed by atoms with van der Waals surface area (Å²) >= 11 is 0. The van der Waals surface area contributed by atoms with E-state index in [1.807, 2.05) is 6.92 Å². The summed E-state index contributed by atoms with van der Waals surface area (Å²) in [6.07, 6.45) is 2.59. The van der Waals surface area contributed by atoms with Gasteiger partial charge in [-0.2, -0.15) is 8.42 Å². The van der Waals surface area contributed by atoms with Crippen LogP contribution in [-0.4, -0.2) is 34.4 Å². The Morgan fingerprint density at radius 1 is 0.952 bits per heavy atom. The van der Waals surface area contributed by atoms with E-state index in [1.54, 1.807) is 12.1 Å². The van der Waals surface area contributed by atoms with E-state index in [2.05, 4.69) is 0 Å². The average molecular weight is 332 g/mol. The lowest BCUT2D eigenvalue weighted by Gasteiger charge is -2.26. The van der Waals surface area contributed by atoms with Crippen molar-refractivity contribution in [2.45, 2.75) is 48.9 Å². The number of hydrogen-bond acceptors (Lipinski definition) is 5. The molecule has 1 saturated carbocycles. The minimum absolute atomic E-state index is 0.137. The van der Waals surface area contributed by atoms with Crippen molar-refractivity contribution in [1.29, 1.82) is 0 Å². The molecule has 21 heavy (non-hydrogen) atoms. The molecule has 2 rings (SSSR count). The van der Waals surface area contributed by atoms with Crippen LogP contribution in [0.15, 0.2) is 29.2 Å². The maximum absolute atomic E-state index is 12.1. The molecule has 1 aliphatic rings. The van der Waals surface area contributed by atoms with Crippen LogP contribution in [0.1, 0.15) is 31.2 Å². The molecule has 0 radical (unpaired) electrons. The van der Waals surface area contributed by atoms with Crippen molar-refractivity contribution in [1.82, 2.24) is 0 Å². The summed E-state index contributed by atoms with van der Waals surface area (Å²) in [5.74, 6) is 0. The third-order valence-corrected chi connectivity index (χ3v) is 6.86. The van der Waals surface area contributed by atoms with Gasteiger partial charge in [-0.25, -0.2) is 8.42 Å². The fourth-order valence-electron chi connectivity index (χ4n) is 2.50. The first kappa shape index (κ1) is 16.5. The lowest BCUT2D eigenvalue weighted by Crippen LogP contribution is -2.31. The van der Waals surface area contributed by atoms with E-state index >= 15 is 0 Å². The lowest BCUT2D eigenvalue weighted by molar-refractivity contribution is 0.163. The number of rotatable bonds is 4. The molecule has 5 nitrogen and oxygen atoms in total. The Labute approximate surface area is 126 Å². The molecule has 0 spiro atoms. The molecule has 0 bridgehead atoms. The van der Waals surface area contributed by atoms with Crippen molar-refractivity contribution in [3.05, 3.63) is 29.8 Å². The first-order chi connectivity index (χ1) is 9.68. The molecule has 1 aromatic carbocycles. The summed E-state index contributed by atoms with van der Waals surface area (Å²) in [4.78, 5) is 0.137. The summed E-state index contributed by atoms with van der Waals surface area (Å²) < 4.78 is 52.5. The molecule has 7 heteroatoms. The standard InChI is InChI=1S/C14H20O5S2/c1-11-3-7-14(8-4-11)21(17,18)19-12-5-9-13(10-6-12)20(2,15)16/h3-4,7-8,12-13H,5-6,9-10H2,1-2H3. The van der Waals surface area contributed by atoms with Crippen molar-refractivity contribution in [2.24, 2.45) is 0 Å². The minimum Gasteiger partial charge on any atom is -0.263 e. The molecule has 0 amide bonds. The summed E-state index contributed by atoms with van der Waals surface area (Å²) in [5.41, 5.74) is 0.975. The van der Waals surface area contributed by atoms with Gasteiger partial charge in [-0.3, -0.25) is 4.18 Å². The molecule has 0 saturated heterocycles. The Hall–Kier alpha value is -0.920. The Kier molecular flexibility index (Phi) is 4.75. The van der Waals surface area contributed by atoms with Gasteiger partial charge >= 0.3 is 0 Å². The van der Waals surface area contributed by atoms with E-state index in [1.165, 1.54) is 18.4 Å². The number of sulfone groups is 1. The van der Waals surface area contributed by atoms with Crippen LogP contribution in [0.25, 0.3) is 0 Å². The fraction of sp³-hybridized carbons (Fsp3) is 0.571. The summed E-state index contributed by atoms with van der Waals surface area (Å²) in [6, 6.07) is 6.48. The maximum atomic E-state index is 12.1. The predicted molar refractivity (Wildman–Crippen MR) is 80.3 cm³/mol.